The molecule has 4 aromatic rings. The molecule has 0 saturated carbocycles. The van der Waals surface area contributed by atoms with E-state index in [1.54, 1.807) is 19.2 Å². The number of pyridine rings is 1. The van der Waals surface area contributed by atoms with Crippen molar-refractivity contribution in [1.82, 2.24) is 14.5 Å². The van der Waals surface area contributed by atoms with Crippen LogP contribution in [0.15, 0.2) is 54.6 Å². The standard InChI is InChI=1S/C24H26N4O3/c1-16-3-10-23(30)21(26-16)14-28-22-13-18(15-29)6-9-20(22)27-24(28)25-12-11-17-4-7-19(31-2)8-5-17/h3-10,13,29-30H,11-12,14-15H2,1-2H3,(H,25,27). The fourth-order valence-electron chi connectivity index (χ4n) is 3.54. The Morgan fingerprint density at radius 3 is 2.52 bits per heavy atom. The summed E-state index contributed by atoms with van der Waals surface area (Å²) in [6, 6.07) is 17.1. The molecule has 0 atom stereocenters. The molecule has 0 unspecified atom stereocenters. The van der Waals surface area contributed by atoms with Crippen LogP contribution in [0.1, 0.15) is 22.5 Å². The lowest BCUT2D eigenvalue weighted by Crippen LogP contribution is -2.12. The maximum atomic E-state index is 10.3. The molecule has 2 heterocycles. The monoisotopic (exact) mass is 418 g/mol. The number of nitrogens with one attached hydrogen (secondary N) is 1. The summed E-state index contributed by atoms with van der Waals surface area (Å²) in [6.07, 6.45) is 0.822. The van der Waals surface area contributed by atoms with Crippen molar-refractivity contribution in [2.45, 2.75) is 26.5 Å². The number of aliphatic hydroxyl groups is 1. The number of rotatable bonds is 8. The second-order valence-electron chi connectivity index (χ2n) is 7.45. The zero-order chi connectivity index (χ0) is 21.8. The van der Waals surface area contributed by atoms with Gasteiger partial charge in [0.2, 0.25) is 5.95 Å². The molecule has 0 radical (unpaired) electrons. The Morgan fingerprint density at radius 1 is 1.00 bits per heavy atom. The molecule has 0 aliphatic carbocycles. The second kappa shape index (κ2) is 9.06. The van der Waals surface area contributed by atoms with Crippen molar-refractivity contribution in [3.8, 4) is 11.5 Å². The lowest BCUT2D eigenvalue weighted by molar-refractivity contribution is 0.282. The van der Waals surface area contributed by atoms with E-state index >= 15 is 0 Å². The number of hydrogen-bond donors (Lipinski definition) is 3. The molecule has 7 heteroatoms. The summed E-state index contributed by atoms with van der Waals surface area (Å²) >= 11 is 0. The molecule has 31 heavy (non-hydrogen) atoms. The number of aliphatic hydroxyl groups excluding tert-OH is 1. The van der Waals surface area contributed by atoms with Crippen molar-refractivity contribution >= 4 is 17.0 Å². The van der Waals surface area contributed by atoms with Crippen molar-refractivity contribution < 1.29 is 14.9 Å². The van der Waals surface area contributed by atoms with Crippen LogP contribution >= 0.6 is 0 Å². The molecule has 0 aliphatic heterocycles. The van der Waals surface area contributed by atoms with Crippen LogP contribution in [0.4, 0.5) is 5.95 Å². The van der Waals surface area contributed by atoms with E-state index in [0.29, 0.717) is 24.7 Å². The number of anilines is 1. The first-order valence-electron chi connectivity index (χ1n) is 10.2. The topological polar surface area (TPSA) is 92.4 Å². The van der Waals surface area contributed by atoms with Gasteiger partial charge in [-0.2, -0.15) is 0 Å². The minimum Gasteiger partial charge on any atom is -0.506 e. The SMILES string of the molecule is COc1ccc(CCNc2nc3ccc(CO)cc3n2Cc2nc(C)ccc2O)cc1. The number of nitrogens with zero attached hydrogens (tertiary/aromatic N) is 3. The van der Waals surface area contributed by atoms with Crippen LogP contribution in [0.25, 0.3) is 11.0 Å². The molecule has 0 bridgehead atoms. The molecule has 0 fully saturated rings. The van der Waals surface area contributed by atoms with Gasteiger partial charge in [0.05, 0.1) is 31.3 Å². The molecule has 4 rings (SSSR count). The first-order valence-corrected chi connectivity index (χ1v) is 10.2. The van der Waals surface area contributed by atoms with Crippen LogP contribution in [0.5, 0.6) is 11.5 Å². The molecule has 0 saturated heterocycles. The highest BCUT2D eigenvalue weighted by Gasteiger charge is 2.14. The average molecular weight is 418 g/mol. The highest BCUT2D eigenvalue weighted by atomic mass is 16.5. The third-order valence-corrected chi connectivity index (χ3v) is 5.25. The van der Waals surface area contributed by atoms with E-state index in [0.717, 1.165) is 34.5 Å². The van der Waals surface area contributed by atoms with Gasteiger partial charge in [0.1, 0.15) is 17.2 Å². The third-order valence-electron chi connectivity index (χ3n) is 5.25. The van der Waals surface area contributed by atoms with Gasteiger partial charge in [-0.1, -0.05) is 18.2 Å². The van der Waals surface area contributed by atoms with E-state index in [1.165, 1.54) is 5.56 Å². The van der Waals surface area contributed by atoms with E-state index in [2.05, 4.69) is 10.3 Å². The van der Waals surface area contributed by atoms with Gasteiger partial charge in [0.25, 0.3) is 0 Å². The number of methoxy groups -OCH3 is 1. The van der Waals surface area contributed by atoms with Crippen LogP contribution in [0.3, 0.4) is 0 Å². The summed E-state index contributed by atoms with van der Waals surface area (Å²) in [7, 11) is 1.66. The summed E-state index contributed by atoms with van der Waals surface area (Å²) in [6.45, 7) is 2.90. The van der Waals surface area contributed by atoms with Gasteiger partial charge >= 0.3 is 0 Å². The fraction of sp³-hybridized carbons (Fsp3) is 0.250. The Bertz CT molecular complexity index is 1190. The molecule has 0 aliphatic rings. The summed E-state index contributed by atoms with van der Waals surface area (Å²) in [5, 5.41) is 23.3. The zero-order valence-corrected chi connectivity index (χ0v) is 17.7. The first kappa shape index (κ1) is 20.7. The van der Waals surface area contributed by atoms with E-state index in [9.17, 15) is 10.2 Å². The van der Waals surface area contributed by atoms with E-state index in [-0.39, 0.29) is 12.4 Å². The van der Waals surface area contributed by atoms with Crippen molar-refractivity contribution in [2.24, 2.45) is 0 Å². The van der Waals surface area contributed by atoms with E-state index in [4.69, 9.17) is 9.72 Å². The normalized spacial score (nSPS) is 11.1. The lowest BCUT2D eigenvalue weighted by atomic mass is 10.1. The van der Waals surface area contributed by atoms with Gasteiger partial charge in [-0.05, 0) is 60.9 Å². The van der Waals surface area contributed by atoms with Gasteiger partial charge in [-0.3, -0.25) is 4.98 Å². The number of fused-ring (bicyclic) bond motifs is 1. The number of aromatic nitrogens is 3. The molecule has 3 N–H and O–H groups in total. The first-order chi connectivity index (χ1) is 15.1. The van der Waals surface area contributed by atoms with Crippen LogP contribution in [-0.4, -0.2) is 38.4 Å². The smallest absolute Gasteiger partial charge is 0.204 e. The highest BCUT2D eigenvalue weighted by molar-refractivity contribution is 5.79. The summed E-state index contributed by atoms with van der Waals surface area (Å²) in [5.74, 6) is 1.68. The Morgan fingerprint density at radius 2 is 1.77 bits per heavy atom. The van der Waals surface area contributed by atoms with Gasteiger partial charge in [-0.15, -0.1) is 0 Å². The number of benzene rings is 2. The van der Waals surface area contributed by atoms with E-state index in [1.807, 2.05) is 54.0 Å². The second-order valence-corrected chi connectivity index (χ2v) is 7.45. The number of imidazole rings is 1. The largest absolute Gasteiger partial charge is 0.506 e. The predicted octanol–water partition coefficient (Wildman–Crippen LogP) is 3.65. The van der Waals surface area contributed by atoms with E-state index < -0.39 is 0 Å². The minimum atomic E-state index is -0.0463. The number of ether oxygens (including phenoxy) is 1. The van der Waals surface area contributed by atoms with Crippen LogP contribution in [0, 0.1) is 6.92 Å². The summed E-state index contributed by atoms with van der Waals surface area (Å²) in [5.41, 5.74) is 5.10. The molecular weight excluding hydrogens is 392 g/mol. The quantitative estimate of drug-likeness (QED) is 0.405. The van der Waals surface area contributed by atoms with Crippen LogP contribution in [0.2, 0.25) is 0 Å². The van der Waals surface area contributed by atoms with Crippen molar-refractivity contribution in [3.63, 3.8) is 0 Å². The zero-order valence-electron chi connectivity index (χ0n) is 17.7. The number of aromatic hydroxyl groups is 1. The maximum Gasteiger partial charge on any atom is 0.204 e. The molecule has 160 valence electrons. The molecular formula is C24H26N4O3. The van der Waals surface area contributed by atoms with Gasteiger partial charge in [0.15, 0.2) is 0 Å². The van der Waals surface area contributed by atoms with Crippen molar-refractivity contribution in [3.05, 3.63) is 77.1 Å². The third kappa shape index (κ3) is 4.62. The van der Waals surface area contributed by atoms with Gasteiger partial charge in [-0.25, -0.2) is 4.98 Å². The predicted molar refractivity (Wildman–Crippen MR) is 121 cm³/mol. The lowest BCUT2D eigenvalue weighted by Gasteiger charge is -2.12. The Kier molecular flexibility index (Phi) is 6.04. The Labute approximate surface area is 181 Å². The minimum absolute atomic E-state index is 0.0463. The number of hydrogen-bond acceptors (Lipinski definition) is 6. The Balaban J connectivity index is 1.61. The Hall–Kier alpha value is -3.58. The van der Waals surface area contributed by atoms with Gasteiger partial charge in [0, 0.05) is 12.2 Å². The van der Waals surface area contributed by atoms with Crippen LogP contribution in [-0.2, 0) is 19.6 Å². The molecule has 0 spiro atoms. The van der Waals surface area contributed by atoms with Crippen LogP contribution < -0.4 is 10.1 Å². The van der Waals surface area contributed by atoms with Gasteiger partial charge < -0.3 is 24.8 Å². The molecule has 2 aromatic heterocycles. The highest BCUT2D eigenvalue weighted by Crippen LogP contribution is 2.25. The molecule has 2 aromatic carbocycles. The maximum absolute atomic E-state index is 10.3. The molecule has 0 amide bonds. The summed E-state index contributed by atoms with van der Waals surface area (Å²) < 4.78 is 7.20. The average Bonchev–Trinajstić information content (AvgIpc) is 3.13. The van der Waals surface area contributed by atoms with Crippen molar-refractivity contribution in [2.75, 3.05) is 19.0 Å². The number of aryl methyl sites for hydroxylation is 1. The van der Waals surface area contributed by atoms with Crippen molar-refractivity contribution in [1.29, 1.82) is 0 Å². The summed E-state index contributed by atoms with van der Waals surface area (Å²) in [4.78, 5) is 9.23. The molecule has 7 nitrogen and oxygen atoms in total. The fourth-order valence-corrected chi connectivity index (χ4v) is 3.54.